The number of likely N-dealkylation sites (N-methyl/N-ethyl adjacent to an activating group) is 1. The summed E-state index contributed by atoms with van der Waals surface area (Å²) < 4.78 is 0. The van der Waals surface area contributed by atoms with Gasteiger partial charge in [0.1, 0.15) is 0 Å². The maximum absolute atomic E-state index is 10.6. The molecule has 0 aliphatic rings. The Balaban J connectivity index is 3.89. The molecule has 1 N–H and O–H groups in total. The summed E-state index contributed by atoms with van der Waals surface area (Å²) in [7, 11) is 3.14. The molecule has 1 amide bonds. The lowest BCUT2D eigenvalue weighted by Crippen LogP contribution is -2.19. The van der Waals surface area contributed by atoms with E-state index < -0.39 is 0 Å². The molecule has 0 radical (unpaired) electrons. The summed E-state index contributed by atoms with van der Waals surface area (Å²) in [5, 5.41) is 2.42. The first kappa shape index (κ1) is 7.88. The Kier molecular flexibility index (Phi) is 3.35. The summed E-state index contributed by atoms with van der Waals surface area (Å²) in [6.07, 6.45) is 1.42. The van der Waals surface area contributed by atoms with Crippen LogP contribution in [-0.4, -0.2) is 26.2 Å². The summed E-state index contributed by atoms with van der Waals surface area (Å²) in [6.45, 7) is 3.45. The molecule has 0 unspecified atom stereocenters. The van der Waals surface area contributed by atoms with Crippen LogP contribution >= 0.6 is 0 Å². The number of amides is 1. The Hall–Kier alpha value is -1.12. The number of carbonyl (C=O) groups excluding carboxylic acids is 1. The van der Waals surface area contributed by atoms with E-state index in [1.807, 2.05) is 0 Å². The van der Waals surface area contributed by atoms with Gasteiger partial charge in [0.05, 0.1) is 0 Å². The average molecular weight is 126 g/mol. The topological polar surface area (TPSA) is 41.5 Å². The molecule has 0 spiro atoms. The number of hydrogen-bond acceptors (Lipinski definition) is 2. The summed E-state index contributed by atoms with van der Waals surface area (Å²) >= 11 is 0. The normalized spacial score (nSPS) is 9.56. The van der Waals surface area contributed by atoms with E-state index >= 15 is 0 Å². The predicted octanol–water partition coefficient (Wildman–Crippen LogP) is -0.0108. The highest BCUT2D eigenvalue weighted by Crippen LogP contribution is 1.81. The quantitative estimate of drug-likeness (QED) is 0.410. The number of hydrogen-bond donors (Lipinski definition) is 1. The Morgan fingerprint density at radius 3 is 2.67 bits per heavy atom. The van der Waals surface area contributed by atoms with Crippen molar-refractivity contribution < 1.29 is 4.79 Å². The van der Waals surface area contributed by atoms with Crippen LogP contribution in [0.3, 0.4) is 0 Å². The fourth-order valence-corrected chi connectivity index (χ4v) is 0.375. The largest absolute Gasteiger partial charge is 0.355 e. The Morgan fingerprint density at radius 1 is 1.78 bits per heavy atom. The lowest BCUT2D eigenvalue weighted by Gasteiger charge is -1.93. The lowest BCUT2D eigenvalue weighted by molar-refractivity contribution is -0.116. The van der Waals surface area contributed by atoms with Crippen molar-refractivity contribution >= 4 is 12.1 Å². The zero-order valence-electron chi connectivity index (χ0n) is 5.64. The molecule has 50 valence electrons. The smallest absolute Gasteiger partial charge is 0.251 e. The van der Waals surface area contributed by atoms with Gasteiger partial charge in [0, 0.05) is 25.9 Å². The molecule has 0 atom stereocenters. The molecule has 0 heterocycles. The first-order valence-electron chi connectivity index (χ1n) is 2.55. The summed E-state index contributed by atoms with van der Waals surface area (Å²) in [6, 6.07) is 0. The van der Waals surface area contributed by atoms with E-state index in [2.05, 4.69) is 16.9 Å². The van der Waals surface area contributed by atoms with Crippen molar-refractivity contribution in [3.8, 4) is 0 Å². The van der Waals surface area contributed by atoms with Gasteiger partial charge in [-0.25, -0.2) is 0 Å². The van der Waals surface area contributed by atoms with Crippen LogP contribution < -0.4 is 5.32 Å². The van der Waals surface area contributed by atoms with Crippen LogP contribution in [0.1, 0.15) is 0 Å². The monoisotopic (exact) mass is 126 g/mol. The molecule has 3 nitrogen and oxygen atoms in total. The molecule has 3 heteroatoms. The number of nitrogens with one attached hydrogen (secondary N) is 1. The summed E-state index contributed by atoms with van der Waals surface area (Å²) in [5.74, 6) is -0.194. The molecule has 0 aromatic carbocycles. The minimum atomic E-state index is -0.194. The van der Waals surface area contributed by atoms with E-state index in [9.17, 15) is 4.79 Å². The first-order chi connectivity index (χ1) is 4.22. The van der Waals surface area contributed by atoms with E-state index in [1.54, 1.807) is 14.1 Å². The van der Waals surface area contributed by atoms with E-state index in [1.165, 1.54) is 6.21 Å². The van der Waals surface area contributed by atoms with Crippen LogP contribution in [-0.2, 0) is 4.79 Å². The highest BCUT2D eigenvalue weighted by molar-refractivity contribution is 6.11. The van der Waals surface area contributed by atoms with E-state index in [-0.39, 0.29) is 5.91 Å². The van der Waals surface area contributed by atoms with Crippen molar-refractivity contribution in [2.75, 3.05) is 14.1 Å². The molecule has 0 rings (SSSR count). The number of nitrogens with zero attached hydrogens (tertiary/aromatic N) is 1. The lowest BCUT2D eigenvalue weighted by atomic mass is 10.3. The third kappa shape index (κ3) is 2.64. The molecular weight excluding hydrogens is 116 g/mol. The van der Waals surface area contributed by atoms with Gasteiger partial charge in [-0.2, -0.15) is 0 Å². The summed E-state index contributed by atoms with van der Waals surface area (Å²) in [5.41, 5.74) is 0.375. The van der Waals surface area contributed by atoms with Gasteiger partial charge in [0.25, 0.3) is 5.91 Å². The van der Waals surface area contributed by atoms with Crippen LogP contribution in [0, 0.1) is 0 Å². The van der Waals surface area contributed by atoms with Gasteiger partial charge >= 0.3 is 0 Å². The van der Waals surface area contributed by atoms with Gasteiger partial charge in [0.2, 0.25) is 0 Å². The molecule has 0 saturated heterocycles. The zero-order valence-corrected chi connectivity index (χ0v) is 5.64. The summed E-state index contributed by atoms with van der Waals surface area (Å²) in [4.78, 5) is 14.2. The van der Waals surface area contributed by atoms with Crippen LogP contribution in [0.15, 0.2) is 17.1 Å². The standard InChI is InChI=1S/C6H10N2O/c1-5(4-7-2)6(9)8-3/h4H,1H2,2-3H3,(H,8,9). The molecule has 0 saturated carbocycles. The molecule has 0 bridgehead atoms. The van der Waals surface area contributed by atoms with E-state index in [0.29, 0.717) is 5.57 Å². The Labute approximate surface area is 54.5 Å². The molecule has 0 aliphatic heterocycles. The first-order valence-corrected chi connectivity index (χ1v) is 2.55. The molecule has 0 aromatic rings. The fourth-order valence-electron chi connectivity index (χ4n) is 0.375. The van der Waals surface area contributed by atoms with Crippen LogP contribution in [0.25, 0.3) is 0 Å². The maximum Gasteiger partial charge on any atom is 0.251 e. The van der Waals surface area contributed by atoms with Crippen molar-refractivity contribution in [1.82, 2.24) is 5.32 Å². The molecule has 0 aromatic heterocycles. The SMILES string of the molecule is C=C(C=NC)C(=O)NC. The van der Waals surface area contributed by atoms with Crippen molar-refractivity contribution in [2.24, 2.45) is 4.99 Å². The predicted molar refractivity (Wildman–Crippen MR) is 37.6 cm³/mol. The van der Waals surface area contributed by atoms with Crippen LogP contribution in [0.2, 0.25) is 0 Å². The van der Waals surface area contributed by atoms with Gasteiger partial charge in [-0.05, 0) is 0 Å². The van der Waals surface area contributed by atoms with E-state index in [4.69, 9.17) is 0 Å². The van der Waals surface area contributed by atoms with Gasteiger partial charge in [0.15, 0.2) is 0 Å². The maximum atomic E-state index is 10.6. The Bertz CT molecular complexity index is 149. The second-order valence-electron chi connectivity index (χ2n) is 1.49. The van der Waals surface area contributed by atoms with Crippen LogP contribution in [0.4, 0.5) is 0 Å². The van der Waals surface area contributed by atoms with Crippen molar-refractivity contribution in [2.45, 2.75) is 0 Å². The van der Waals surface area contributed by atoms with Gasteiger partial charge < -0.3 is 5.32 Å². The third-order valence-electron chi connectivity index (χ3n) is 0.804. The van der Waals surface area contributed by atoms with Gasteiger partial charge in [-0.15, -0.1) is 0 Å². The molecule has 0 fully saturated rings. The third-order valence-corrected chi connectivity index (χ3v) is 0.804. The molecule has 9 heavy (non-hydrogen) atoms. The Morgan fingerprint density at radius 2 is 2.33 bits per heavy atom. The minimum absolute atomic E-state index is 0.194. The second kappa shape index (κ2) is 3.83. The molecule has 0 aliphatic carbocycles. The number of carbonyl (C=O) groups is 1. The van der Waals surface area contributed by atoms with E-state index in [0.717, 1.165) is 0 Å². The fraction of sp³-hybridized carbons (Fsp3) is 0.333. The van der Waals surface area contributed by atoms with Crippen molar-refractivity contribution in [3.05, 3.63) is 12.2 Å². The van der Waals surface area contributed by atoms with Crippen LogP contribution in [0.5, 0.6) is 0 Å². The van der Waals surface area contributed by atoms with Gasteiger partial charge in [-0.1, -0.05) is 6.58 Å². The highest BCUT2D eigenvalue weighted by Gasteiger charge is 1.97. The minimum Gasteiger partial charge on any atom is -0.355 e. The average Bonchev–Trinajstić information content (AvgIpc) is 1.87. The van der Waals surface area contributed by atoms with Crippen molar-refractivity contribution in [3.63, 3.8) is 0 Å². The van der Waals surface area contributed by atoms with Gasteiger partial charge in [-0.3, -0.25) is 9.79 Å². The molecular formula is C6H10N2O. The van der Waals surface area contributed by atoms with Crippen molar-refractivity contribution in [1.29, 1.82) is 0 Å². The number of aliphatic imine (C=N–C) groups is 1. The number of rotatable bonds is 2. The highest BCUT2D eigenvalue weighted by atomic mass is 16.1. The zero-order chi connectivity index (χ0) is 7.28. The second-order valence-corrected chi connectivity index (χ2v) is 1.49.